The fraction of sp³-hybridized carbons (Fsp3) is 0.588. The van der Waals surface area contributed by atoms with Gasteiger partial charge in [-0.05, 0) is 50.3 Å². The molecule has 2 unspecified atom stereocenters. The van der Waals surface area contributed by atoms with Gasteiger partial charge in [0.2, 0.25) is 0 Å². The number of carbonyl (C=O) groups excluding carboxylic acids is 1. The lowest BCUT2D eigenvalue weighted by atomic mass is 9.99. The van der Waals surface area contributed by atoms with Gasteiger partial charge in [0.25, 0.3) is 5.91 Å². The number of piperidine rings is 1. The monoisotopic (exact) mass is 322 g/mol. The average molecular weight is 323 g/mol. The highest BCUT2D eigenvalue weighted by Gasteiger charge is 2.34. The van der Waals surface area contributed by atoms with Gasteiger partial charge in [0.05, 0.1) is 12.2 Å². The van der Waals surface area contributed by atoms with Crippen LogP contribution in [-0.2, 0) is 0 Å². The molecular formula is C17H23ClN2O2. The number of hydrogen-bond donors (Lipinski definition) is 2. The van der Waals surface area contributed by atoms with Gasteiger partial charge >= 0.3 is 0 Å². The number of amides is 1. The Kier molecular flexibility index (Phi) is 4.89. The Hall–Kier alpha value is -1.26. The van der Waals surface area contributed by atoms with Crippen molar-refractivity contribution in [3.05, 3.63) is 28.8 Å². The first-order valence-electron chi connectivity index (χ1n) is 8.15. The number of carbonyl (C=O) groups is 1. The first kappa shape index (κ1) is 15.6. The Bertz CT molecular complexity index is 537. The third-order valence-corrected chi connectivity index (χ3v) is 4.69. The van der Waals surface area contributed by atoms with E-state index in [1.54, 1.807) is 18.2 Å². The van der Waals surface area contributed by atoms with E-state index in [-0.39, 0.29) is 11.9 Å². The van der Waals surface area contributed by atoms with Gasteiger partial charge < -0.3 is 15.4 Å². The van der Waals surface area contributed by atoms with E-state index in [2.05, 4.69) is 10.6 Å². The molecule has 2 saturated heterocycles. The van der Waals surface area contributed by atoms with Gasteiger partial charge in [-0.2, -0.15) is 0 Å². The van der Waals surface area contributed by atoms with Crippen molar-refractivity contribution in [2.45, 2.75) is 57.2 Å². The molecule has 2 heterocycles. The van der Waals surface area contributed by atoms with Crippen LogP contribution in [0.4, 0.5) is 0 Å². The molecule has 1 aromatic rings. The highest BCUT2D eigenvalue weighted by Crippen LogP contribution is 2.28. The summed E-state index contributed by atoms with van der Waals surface area (Å²) in [6.45, 7) is 2.64. The summed E-state index contributed by atoms with van der Waals surface area (Å²) >= 11 is 6.05. The van der Waals surface area contributed by atoms with Gasteiger partial charge in [0.15, 0.2) is 0 Å². The van der Waals surface area contributed by atoms with Crippen LogP contribution in [0.1, 0.15) is 49.4 Å². The lowest BCUT2D eigenvalue weighted by Crippen LogP contribution is -2.48. The minimum absolute atomic E-state index is 0.0834. The predicted octanol–water partition coefficient (Wildman–Crippen LogP) is 3.14. The fourth-order valence-corrected chi connectivity index (χ4v) is 3.63. The molecule has 0 aromatic heterocycles. The van der Waals surface area contributed by atoms with Crippen LogP contribution in [0.2, 0.25) is 5.02 Å². The summed E-state index contributed by atoms with van der Waals surface area (Å²) < 4.78 is 5.67. The Morgan fingerprint density at radius 1 is 1.36 bits per heavy atom. The zero-order valence-electron chi connectivity index (χ0n) is 12.9. The SMILES string of the molecule is CCCOc1ccc(Cl)cc1C(=O)NC1CC2CCC(C1)N2. The molecular weight excluding hydrogens is 300 g/mol. The van der Waals surface area contributed by atoms with Crippen LogP contribution < -0.4 is 15.4 Å². The van der Waals surface area contributed by atoms with Crippen LogP contribution >= 0.6 is 11.6 Å². The average Bonchev–Trinajstić information content (AvgIpc) is 2.84. The number of halogens is 1. The van der Waals surface area contributed by atoms with Crippen LogP contribution in [0.25, 0.3) is 0 Å². The van der Waals surface area contributed by atoms with Crippen molar-refractivity contribution in [2.24, 2.45) is 0 Å². The summed E-state index contributed by atoms with van der Waals surface area (Å²) in [5.41, 5.74) is 0.534. The van der Waals surface area contributed by atoms with Gasteiger partial charge in [-0.1, -0.05) is 18.5 Å². The maximum Gasteiger partial charge on any atom is 0.255 e. The molecule has 2 atom stereocenters. The Balaban J connectivity index is 1.69. The molecule has 0 radical (unpaired) electrons. The molecule has 3 rings (SSSR count). The van der Waals surface area contributed by atoms with Crippen molar-refractivity contribution in [3.63, 3.8) is 0 Å². The second-order valence-electron chi connectivity index (χ2n) is 6.27. The van der Waals surface area contributed by atoms with E-state index < -0.39 is 0 Å². The molecule has 2 bridgehead atoms. The third kappa shape index (κ3) is 3.55. The molecule has 1 aromatic carbocycles. The van der Waals surface area contributed by atoms with Crippen molar-refractivity contribution in [1.82, 2.24) is 10.6 Å². The zero-order chi connectivity index (χ0) is 15.5. The Labute approximate surface area is 136 Å². The fourth-order valence-electron chi connectivity index (χ4n) is 3.46. The molecule has 2 N–H and O–H groups in total. The first-order valence-corrected chi connectivity index (χ1v) is 8.52. The number of rotatable bonds is 5. The van der Waals surface area contributed by atoms with Gasteiger partial charge in [0.1, 0.15) is 5.75 Å². The number of benzene rings is 1. The second kappa shape index (κ2) is 6.88. The topological polar surface area (TPSA) is 50.4 Å². The van der Waals surface area contributed by atoms with E-state index in [1.165, 1.54) is 12.8 Å². The largest absolute Gasteiger partial charge is 0.493 e. The minimum atomic E-state index is -0.0834. The van der Waals surface area contributed by atoms with E-state index >= 15 is 0 Å². The van der Waals surface area contributed by atoms with Gasteiger partial charge in [-0.15, -0.1) is 0 Å². The van der Waals surface area contributed by atoms with Crippen LogP contribution in [0.5, 0.6) is 5.75 Å². The summed E-state index contributed by atoms with van der Waals surface area (Å²) in [6.07, 6.45) is 5.36. The molecule has 2 aliphatic rings. The summed E-state index contributed by atoms with van der Waals surface area (Å²) in [6, 6.07) is 6.58. The molecule has 2 fully saturated rings. The normalized spacial score (nSPS) is 26.7. The highest BCUT2D eigenvalue weighted by molar-refractivity contribution is 6.31. The van der Waals surface area contributed by atoms with E-state index in [4.69, 9.17) is 16.3 Å². The van der Waals surface area contributed by atoms with E-state index in [9.17, 15) is 4.79 Å². The van der Waals surface area contributed by atoms with Crippen LogP contribution in [0.15, 0.2) is 18.2 Å². The smallest absolute Gasteiger partial charge is 0.255 e. The third-order valence-electron chi connectivity index (χ3n) is 4.46. The standard InChI is InChI=1S/C17H23ClN2O2/c1-2-7-22-16-6-3-11(18)8-15(16)17(21)20-14-9-12-4-5-13(10-14)19-12/h3,6,8,12-14,19H,2,4-5,7,9-10H2,1H3,(H,20,21). The van der Waals surface area contributed by atoms with Gasteiger partial charge in [-0.3, -0.25) is 4.79 Å². The van der Waals surface area contributed by atoms with Crippen molar-refractivity contribution in [1.29, 1.82) is 0 Å². The molecule has 22 heavy (non-hydrogen) atoms. The lowest BCUT2D eigenvalue weighted by molar-refractivity contribution is 0.0920. The number of hydrogen-bond acceptors (Lipinski definition) is 3. The van der Waals surface area contributed by atoms with Crippen molar-refractivity contribution < 1.29 is 9.53 Å². The molecule has 0 saturated carbocycles. The maximum atomic E-state index is 12.6. The van der Waals surface area contributed by atoms with Crippen LogP contribution in [-0.4, -0.2) is 30.6 Å². The summed E-state index contributed by atoms with van der Waals surface area (Å²) in [5, 5.41) is 7.30. The number of ether oxygens (including phenoxy) is 1. The highest BCUT2D eigenvalue weighted by atomic mass is 35.5. The first-order chi connectivity index (χ1) is 10.7. The van der Waals surface area contributed by atoms with Crippen LogP contribution in [0, 0.1) is 0 Å². The van der Waals surface area contributed by atoms with Gasteiger partial charge in [-0.25, -0.2) is 0 Å². The van der Waals surface area contributed by atoms with E-state index in [0.29, 0.717) is 35.0 Å². The van der Waals surface area contributed by atoms with Crippen molar-refractivity contribution in [2.75, 3.05) is 6.61 Å². The molecule has 120 valence electrons. The summed E-state index contributed by atoms with van der Waals surface area (Å²) in [4.78, 5) is 12.6. The minimum Gasteiger partial charge on any atom is -0.493 e. The maximum absolute atomic E-state index is 12.6. The quantitative estimate of drug-likeness (QED) is 0.875. The molecule has 4 nitrogen and oxygen atoms in total. The number of nitrogens with one attached hydrogen (secondary N) is 2. The Morgan fingerprint density at radius 2 is 2.09 bits per heavy atom. The van der Waals surface area contributed by atoms with Crippen LogP contribution in [0.3, 0.4) is 0 Å². The van der Waals surface area contributed by atoms with E-state index in [0.717, 1.165) is 19.3 Å². The van der Waals surface area contributed by atoms with Crippen molar-refractivity contribution in [3.8, 4) is 5.75 Å². The van der Waals surface area contributed by atoms with E-state index in [1.807, 2.05) is 6.92 Å². The lowest BCUT2D eigenvalue weighted by Gasteiger charge is -2.29. The molecule has 0 spiro atoms. The molecule has 0 aliphatic carbocycles. The summed E-state index contributed by atoms with van der Waals surface area (Å²) in [7, 11) is 0. The molecule has 5 heteroatoms. The Morgan fingerprint density at radius 3 is 2.77 bits per heavy atom. The zero-order valence-corrected chi connectivity index (χ0v) is 13.7. The molecule has 2 aliphatic heterocycles. The summed E-state index contributed by atoms with van der Waals surface area (Å²) in [5.74, 6) is 0.528. The second-order valence-corrected chi connectivity index (χ2v) is 6.71. The van der Waals surface area contributed by atoms with Gasteiger partial charge in [0, 0.05) is 23.1 Å². The number of fused-ring (bicyclic) bond motifs is 2. The van der Waals surface area contributed by atoms with Crippen molar-refractivity contribution >= 4 is 17.5 Å². The predicted molar refractivity (Wildman–Crippen MR) is 87.7 cm³/mol. The molecule has 1 amide bonds.